The Morgan fingerprint density at radius 3 is 2.44 bits per heavy atom. The van der Waals surface area contributed by atoms with Gasteiger partial charge in [-0.3, -0.25) is 14.5 Å². The van der Waals surface area contributed by atoms with Crippen LogP contribution in [-0.2, 0) is 9.59 Å². The molecule has 32 heavy (non-hydrogen) atoms. The monoisotopic (exact) mass is 542 g/mol. The molecule has 0 radical (unpaired) electrons. The second kappa shape index (κ2) is 12.1. The minimum Gasteiger partial charge on any atom is -0.351 e. The quantitative estimate of drug-likeness (QED) is 0.364. The van der Waals surface area contributed by atoms with Crippen molar-refractivity contribution in [1.29, 1.82) is 0 Å². The van der Waals surface area contributed by atoms with Gasteiger partial charge >= 0.3 is 5.91 Å². The molecule has 1 fully saturated rings. The van der Waals surface area contributed by atoms with Crippen LogP contribution in [0.1, 0.15) is 69.0 Å². The number of halogens is 1. The first-order valence-corrected chi connectivity index (χ1v) is 12.5. The van der Waals surface area contributed by atoms with Gasteiger partial charge in [-0.2, -0.15) is 0 Å². The largest absolute Gasteiger partial charge is 0.351 e. The van der Waals surface area contributed by atoms with Crippen LogP contribution < -0.4 is 10.2 Å². The van der Waals surface area contributed by atoms with Gasteiger partial charge in [-0.25, -0.2) is 0 Å². The molecule has 1 N–H and O–H groups in total. The number of carbonyl (C=O) groups excluding carboxylic acids is 2. The molecule has 1 aliphatic rings. The van der Waals surface area contributed by atoms with E-state index < -0.39 is 6.04 Å². The lowest BCUT2D eigenvalue weighted by Crippen LogP contribution is -2.47. The second-order valence-corrected chi connectivity index (χ2v) is 9.50. The number of anilines is 1. The highest BCUT2D eigenvalue weighted by atomic mass is 127. The fourth-order valence-electron chi connectivity index (χ4n) is 4.03. The van der Waals surface area contributed by atoms with Crippen LogP contribution in [0, 0.1) is 22.3 Å². The number of benzene rings is 2. The molecule has 3 rings (SSSR count). The van der Waals surface area contributed by atoms with Crippen LogP contribution in [0.5, 0.6) is 0 Å². The van der Waals surface area contributed by atoms with Crippen molar-refractivity contribution in [2.75, 3.05) is 4.90 Å². The van der Waals surface area contributed by atoms with Crippen molar-refractivity contribution < 1.29 is 9.59 Å². The Morgan fingerprint density at radius 1 is 1.09 bits per heavy atom. The number of hydrogen-bond acceptors (Lipinski definition) is 2. The van der Waals surface area contributed by atoms with Crippen molar-refractivity contribution in [2.24, 2.45) is 0 Å². The molecule has 1 aliphatic carbocycles. The van der Waals surface area contributed by atoms with E-state index in [1.54, 1.807) is 4.90 Å². The van der Waals surface area contributed by atoms with Crippen LogP contribution >= 0.6 is 22.6 Å². The van der Waals surface area contributed by atoms with Crippen LogP contribution in [0.4, 0.5) is 5.69 Å². The highest BCUT2D eigenvalue weighted by Gasteiger charge is 2.34. The van der Waals surface area contributed by atoms with Gasteiger partial charge in [0.15, 0.2) is 0 Å². The maximum absolute atomic E-state index is 13.7. The van der Waals surface area contributed by atoms with Crippen molar-refractivity contribution in [1.82, 2.24) is 5.32 Å². The number of unbranched alkanes of at least 4 members (excludes halogenated alkanes) is 1. The number of carbonyl (C=O) groups is 2. The Bertz CT molecular complexity index is 985. The van der Waals surface area contributed by atoms with E-state index in [1.165, 1.54) is 6.42 Å². The molecule has 5 heteroatoms. The fourth-order valence-corrected chi connectivity index (χ4v) is 4.68. The zero-order valence-corrected chi connectivity index (χ0v) is 21.0. The molecule has 0 bridgehead atoms. The van der Waals surface area contributed by atoms with E-state index in [0.717, 1.165) is 46.8 Å². The molecule has 4 nitrogen and oxygen atoms in total. The van der Waals surface area contributed by atoms with E-state index in [2.05, 4.69) is 39.7 Å². The Morgan fingerprint density at radius 2 is 1.78 bits per heavy atom. The summed E-state index contributed by atoms with van der Waals surface area (Å²) in [5, 5.41) is 3.24. The molecule has 0 aromatic heterocycles. The van der Waals surface area contributed by atoms with Crippen molar-refractivity contribution in [3.63, 3.8) is 0 Å². The second-order valence-electron chi connectivity index (χ2n) is 8.34. The highest BCUT2D eigenvalue weighted by Crippen LogP contribution is 2.32. The van der Waals surface area contributed by atoms with Crippen molar-refractivity contribution in [3.05, 3.63) is 63.2 Å². The van der Waals surface area contributed by atoms with Crippen LogP contribution in [-0.4, -0.2) is 17.9 Å². The maximum Gasteiger partial charge on any atom is 0.303 e. The van der Waals surface area contributed by atoms with Crippen molar-refractivity contribution >= 4 is 40.1 Å². The third-order valence-electron chi connectivity index (χ3n) is 5.75. The number of amides is 2. The van der Waals surface area contributed by atoms with Crippen LogP contribution in [0.3, 0.4) is 0 Å². The molecule has 2 aromatic rings. The van der Waals surface area contributed by atoms with E-state index in [4.69, 9.17) is 0 Å². The minimum atomic E-state index is -0.781. The summed E-state index contributed by atoms with van der Waals surface area (Å²) in [4.78, 5) is 28.7. The number of nitrogens with one attached hydrogen (secondary N) is 1. The van der Waals surface area contributed by atoms with Gasteiger partial charge in [0, 0.05) is 16.0 Å². The fraction of sp³-hybridized carbons (Fsp3) is 0.407. The van der Waals surface area contributed by atoms with Gasteiger partial charge in [-0.15, -0.1) is 0 Å². The summed E-state index contributed by atoms with van der Waals surface area (Å²) in [5.41, 5.74) is 2.59. The number of para-hydroxylation sites is 1. The maximum atomic E-state index is 13.7. The zero-order chi connectivity index (χ0) is 22.9. The minimum absolute atomic E-state index is 0.147. The molecule has 2 aromatic carbocycles. The molecule has 2 amide bonds. The average Bonchev–Trinajstić information content (AvgIpc) is 2.79. The van der Waals surface area contributed by atoms with Gasteiger partial charge in [0.25, 0.3) is 0 Å². The van der Waals surface area contributed by atoms with Crippen molar-refractivity contribution in [3.8, 4) is 11.8 Å². The number of nitrogens with zero attached hydrogens (tertiary/aromatic N) is 1. The summed E-state index contributed by atoms with van der Waals surface area (Å²) in [5.74, 6) is 5.25. The Balaban J connectivity index is 2.06. The Labute approximate surface area is 205 Å². The Hall–Kier alpha value is -2.33. The molecule has 1 atom stereocenters. The predicted octanol–water partition coefficient (Wildman–Crippen LogP) is 5.93. The van der Waals surface area contributed by atoms with Gasteiger partial charge in [0.2, 0.25) is 5.91 Å². The van der Waals surface area contributed by atoms with Gasteiger partial charge in [-0.05, 0) is 72.4 Å². The van der Waals surface area contributed by atoms with Crippen LogP contribution in [0.25, 0.3) is 0 Å². The Kier molecular flexibility index (Phi) is 9.16. The lowest BCUT2D eigenvalue weighted by atomic mass is 9.94. The average molecular weight is 542 g/mol. The number of rotatable bonds is 6. The van der Waals surface area contributed by atoms with E-state index >= 15 is 0 Å². The molecule has 1 unspecified atom stereocenters. The predicted molar refractivity (Wildman–Crippen MR) is 138 cm³/mol. The van der Waals surface area contributed by atoms with E-state index in [1.807, 2.05) is 62.4 Å². The van der Waals surface area contributed by atoms with Crippen molar-refractivity contribution in [2.45, 2.75) is 70.9 Å². The molecule has 0 saturated heterocycles. The lowest BCUT2D eigenvalue weighted by Gasteiger charge is -2.33. The smallest absolute Gasteiger partial charge is 0.303 e. The molecule has 0 aliphatic heterocycles. The lowest BCUT2D eigenvalue weighted by molar-refractivity contribution is -0.125. The summed E-state index contributed by atoms with van der Waals surface area (Å²) in [7, 11) is 0. The summed E-state index contributed by atoms with van der Waals surface area (Å²) in [6, 6.07) is 14.9. The summed E-state index contributed by atoms with van der Waals surface area (Å²) >= 11 is 2.22. The summed E-state index contributed by atoms with van der Waals surface area (Å²) in [6.07, 6.45) is 6.97. The molecular formula is C27H31IN2O2. The summed E-state index contributed by atoms with van der Waals surface area (Å²) < 4.78 is 0.901. The van der Waals surface area contributed by atoms with Gasteiger partial charge in [0.1, 0.15) is 6.04 Å². The topological polar surface area (TPSA) is 49.4 Å². The van der Waals surface area contributed by atoms with Gasteiger partial charge in [0.05, 0.1) is 5.69 Å². The van der Waals surface area contributed by atoms with E-state index in [0.29, 0.717) is 12.1 Å². The first-order valence-electron chi connectivity index (χ1n) is 11.4. The zero-order valence-electron chi connectivity index (χ0n) is 18.9. The van der Waals surface area contributed by atoms with Gasteiger partial charge in [-0.1, -0.05) is 74.1 Å². The van der Waals surface area contributed by atoms with E-state index in [-0.39, 0.29) is 17.9 Å². The first kappa shape index (κ1) is 24.3. The van der Waals surface area contributed by atoms with E-state index in [9.17, 15) is 9.59 Å². The standard InChI is InChI=1S/C27H31IN2O2/c1-3-4-6-15-25(31)30(24-14-10-9-13-23(24)28)26(21-18-16-20(2)17-19-21)27(32)29-22-11-7-5-8-12-22/h9-10,13-14,16-19,22,26H,3-5,7-8,11-12H2,1-2H3,(H,29,32). The third-order valence-corrected chi connectivity index (χ3v) is 6.66. The molecule has 168 valence electrons. The third kappa shape index (κ3) is 6.35. The highest BCUT2D eigenvalue weighted by molar-refractivity contribution is 14.1. The molecule has 0 heterocycles. The first-order chi connectivity index (χ1) is 15.5. The SMILES string of the molecule is CCCC#CC(=O)N(c1ccccc1I)C(C(=O)NC1CCCCC1)c1ccc(C)cc1. The molecule has 1 saturated carbocycles. The van der Waals surface area contributed by atoms with Crippen LogP contribution in [0.15, 0.2) is 48.5 Å². The van der Waals surface area contributed by atoms with Crippen LogP contribution in [0.2, 0.25) is 0 Å². The van der Waals surface area contributed by atoms with Gasteiger partial charge < -0.3 is 5.32 Å². The molecular weight excluding hydrogens is 511 g/mol. The normalized spacial score (nSPS) is 14.7. The number of aryl methyl sites for hydroxylation is 1. The molecule has 0 spiro atoms. The number of hydrogen-bond donors (Lipinski definition) is 1. The summed E-state index contributed by atoms with van der Waals surface area (Å²) in [6.45, 7) is 4.05.